The molecule has 0 aliphatic carbocycles. The molecule has 1 aromatic carbocycles. The Morgan fingerprint density at radius 3 is 2.10 bits per heavy atom. The van der Waals surface area contributed by atoms with Gasteiger partial charge in [-0.2, -0.15) is 0 Å². The number of aliphatic carboxylic acids is 2. The zero-order valence-electron chi connectivity index (χ0n) is 11.3. The van der Waals surface area contributed by atoms with Gasteiger partial charge in [0.15, 0.2) is 0 Å². The standard InChI is InChI=1S/C11H13ClN2O4.2Na/c12-7-1-3-8(4-2-7)14-11(13,10(17)18)6-5-9(15)16;;/h1-4,14H,5-6,13H2,(H,15,16)(H,17,18);;/q;2*+1/p-2/t11-;;/m1../s1. The van der Waals surface area contributed by atoms with Crippen LogP contribution in [0.2, 0.25) is 5.02 Å². The van der Waals surface area contributed by atoms with Crippen LogP contribution in [0.4, 0.5) is 5.69 Å². The maximum absolute atomic E-state index is 11.0. The van der Waals surface area contributed by atoms with E-state index in [1.54, 1.807) is 12.1 Å². The van der Waals surface area contributed by atoms with Gasteiger partial charge >= 0.3 is 59.1 Å². The smallest absolute Gasteiger partial charge is 0.550 e. The quantitative estimate of drug-likeness (QED) is 0.398. The molecule has 0 amide bonds. The second-order valence-corrected chi connectivity index (χ2v) is 4.20. The van der Waals surface area contributed by atoms with Gasteiger partial charge in [-0.25, -0.2) is 0 Å². The van der Waals surface area contributed by atoms with Gasteiger partial charge in [-0.15, -0.1) is 0 Å². The van der Waals surface area contributed by atoms with E-state index in [9.17, 15) is 19.8 Å². The first-order chi connectivity index (χ1) is 8.33. The Morgan fingerprint density at radius 2 is 1.70 bits per heavy atom. The molecule has 1 rings (SSSR count). The molecule has 98 valence electrons. The number of hydrogen-bond donors (Lipinski definition) is 2. The zero-order valence-corrected chi connectivity index (χ0v) is 16.1. The predicted octanol–water partition coefficient (Wildman–Crippen LogP) is -7.31. The Morgan fingerprint density at radius 1 is 1.20 bits per heavy atom. The maximum atomic E-state index is 11.0. The van der Waals surface area contributed by atoms with Crippen molar-refractivity contribution in [2.24, 2.45) is 5.73 Å². The Bertz CT molecular complexity index is 458. The van der Waals surface area contributed by atoms with Crippen LogP contribution in [0, 0.1) is 0 Å². The second kappa shape index (κ2) is 10.0. The topological polar surface area (TPSA) is 118 Å². The number of carboxylic acid groups (broad SMARTS) is 2. The Labute approximate surface area is 165 Å². The molecule has 6 nitrogen and oxygen atoms in total. The molecule has 0 fully saturated rings. The van der Waals surface area contributed by atoms with Crippen molar-refractivity contribution in [3.8, 4) is 0 Å². The van der Waals surface area contributed by atoms with Gasteiger partial charge in [0, 0.05) is 16.7 Å². The number of carbonyl (C=O) groups excluding carboxylic acids is 2. The van der Waals surface area contributed by atoms with Gasteiger partial charge in [-0.05, 0) is 37.1 Å². The molecule has 0 saturated heterocycles. The molecule has 0 aliphatic heterocycles. The second-order valence-electron chi connectivity index (χ2n) is 3.76. The number of nitrogens with two attached hydrogens (primary N) is 1. The average molecular weight is 317 g/mol. The molecular weight excluding hydrogens is 306 g/mol. The van der Waals surface area contributed by atoms with Gasteiger partial charge in [0.05, 0.1) is 5.97 Å². The van der Waals surface area contributed by atoms with Crippen LogP contribution < -0.4 is 80.4 Å². The molecule has 0 radical (unpaired) electrons. The summed E-state index contributed by atoms with van der Waals surface area (Å²) < 4.78 is 0. The molecule has 9 heteroatoms. The molecule has 0 unspecified atom stereocenters. The summed E-state index contributed by atoms with van der Waals surface area (Å²) in [6, 6.07) is 6.12. The fourth-order valence-corrected chi connectivity index (χ4v) is 1.43. The predicted molar refractivity (Wildman–Crippen MR) is 61.2 cm³/mol. The van der Waals surface area contributed by atoms with Gasteiger partial charge in [0.2, 0.25) is 0 Å². The number of nitrogens with one attached hydrogen (secondary N) is 1. The third kappa shape index (κ3) is 7.28. The van der Waals surface area contributed by atoms with E-state index >= 15 is 0 Å². The summed E-state index contributed by atoms with van der Waals surface area (Å²) in [7, 11) is 0. The average Bonchev–Trinajstić information content (AvgIpc) is 2.29. The fraction of sp³-hybridized carbons (Fsp3) is 0.273. The number of benzene rings is 1. The van der Waals surface area contributed by atoms with Crippen LogP contribution in [0.5, 0.6) is 0 Å². The molecule has 0 saturated carbocycles. The first-order valence-corrected chi connectivity index (χ1v) is 5.45. The van der Waals surface area contributed by atoms with E-state index in [4.69, 9.17) is 17.3 Å². The van der Waals surface area contributed by atoms with E-state index in [2.05, 4.69) is 5.32 Å². The first kappa shape index (κ1) is 22.5. The van der Waals surface area contributed by atoms with E-state index in [1.807, 2.05) is 0 Å². The summed E-state index contributed by atoms with van der Waals surface area (Å²) in [5, 5.41) is 24.3. The number of carbonyl (C=O) groups is 2. The maximum Gasteiger partial charge on any atom is 1.00 e. The van der Waals surface area contributed by atoms with E-state index in [0.29, 0.717) is 10.7 Å². The summed E-state index contributed by atoms with van der Waals surface area (Å²) in [6.45, 7) is 0. The van der Waals surface area contributed by atoms with Crippen LogP contribution in [0.1, 0.15) is 12.8 Å². The minimum Gasteiger partial charge on any atom is -0.550 e. The van der Waals surface area contributed by atoms with E-state index < -0.39 is 24.0 Å². The van der Waals surface area contributed by atoms with E-state index in [0.717, 1.165) is 0 Å². The number of halogens is 1. The Hall–Kier alpha value is 0.210. The number of anilines is 1. The summed E-state index contributed by atoms with van der Waals surface area (Å²) in [5.41, 5.74) is 3.98. The normalized spacial score (nSPS) is 12.3. The van der Waals surface area contributed by atoms with Crippen LogP contribution in [-0.4, -0.2) is 17.6 Å². The molecule has 0 aromatic heterocycles. The van der Waals surface area contributed by atoms with Crippen LogP contribution in [0.15, 0.2) is 24.3 Å². The van der Waals surface area contributed by atoms with E-state index in [-0.39, 0.29) is 65.5 Å². The number of hydrogen-bond acceptors (Lipinski definition) is 6. The molecule has 0 spiro atoms. The molecule has 20 heavy (non-hydrogen) atoms. The number of carboxylic acids is 2. The molecular formula is C11H11ClN2Na2O4. The largest absolute Gasteiger partial charge is 1.00 e. The van der Waals surface area contributed by atoms with Crippen molar-refractivity contribution in [2.45, 2.75) is 18.5 Å². The zero-order chi connectivity index (χ0) is 13.8. The van der Waals surface area contributed by atoms with Crippen molar-refractivity contribution < 1.29 is 78.9 Å². The third-order valence-corrected chi connectivity index (χ3v) is 2.55. The van der Waals surface area contributed by atoms with Gasteiger partial charge in [-0.1, -0.05) is 11.6 Å². The molecule has 0 heterocycles. The van der Waals surface area contributed by atoms with Crippen molar-refractivity contribution in [2.75, 3.05) is 5.32 Å². The van der Waals surface area contributed by atoms with Crippen molar-refractivity contribution in [1.29, 1.82) is 0 Å². The van der Waals surface area contributed by atoms with Gasteiger partial charge in [0.25, 0.3) is 0 Å². The van der Waals surface area contributed by atoms with Crippen LogP contribution >= 0.6 is 11.6 Å². The summed E-state index contributed by atoms with van der Waals surface area (Å²) in [4.78, 5) is 21.3. The molecule has 1 aromatic rings. The van der Waals surface area contributed by atoms with Crippen LogP contribution in [0.25, 0.3) is 0 Å². The molecule has 0 bridgehead atoms. The van der Waals surface area contributed by atoms with Gasteiger partial charge < -0.3 is 30.9 Å². The van der Waals surface area contributed by atoms with Crippen molar-refractivity contribution in [3.05, 3.63) is 29.3 Å². The SMILES string of the molecule is N[C@](CCC(=O)[O-])(Nc1ccc(Cl)cc1)C(=O)[O-].[Na+].[Na+]. The minimum atomic E-state index is -1.98. The van der Waals surface area contributed by atoms with Crippen LogP contribution in [-0.2, 0) is 9.59 Å². The summed E-state index contributed by atoms with van der Waals surface area (Å²) >= 11 is 5.67. The fourth-order valence-electron chi connectivity index (χ4n) is 1.31. The van der Waals surface area contributed by atoms with Gasteiger partial charge in [-0.3, -0.25) is 0 Å². The van der Waals surface area contributed by atoms with E-state index in [1.165, 1.54) is 12.1 Å². The third-order valence-electron chi connectivity index (χ3n) is 2.30. The number of rotatable bonds is 6. The monoisotopic (exact) mass is 316 g/mol. The minimum absolute atomic E-state index is 0. The molecule has 3 N–H and O–H groups in total. The summed E-state index contributed by atoms with van der Waals surface area (Å²) in [5.74, 6) is -2.98. The van der Waals surface area contributed by atoms with Crippen molar-refractivity contribution >= 4 is 29.2 Å². The Balaban J connectivity index is 0. The van der Waals surface area contributed by atoms with Crippen molar-refractivity contribution in [3.63, 3.8) is 0 Å². The summed E-state index contributed by atoms with van der Waals surface area (Å²) in [6.07, 6.45) is -0.856. The Kier molecular flexibility index (Phi) is 11.3. The van der Waals surface area contributed by atoms with Crippen LogP contribution in [0.3, 0.4) is 0 Å². The van der Waals surface area contributed by atoms with Crippen molar-refractivity contribution in [1.82, 2.24) is 0 Å². The van der Waals surface area contributed by atoms with Gasteiger partial charge in [0.1, 0.15) is 5.66 Å². The molecule has 1 atom stereocenters. The molecule has 0 aliphatic rings. The first-order valence-electron chi connectivity index (χ1n) is 5.07.